The van der Waals surface area contributed by atoms with E-state index in [0.29, 0.717) is 5.92 Å². The fourth-order valence-corrected chi connectivity index (χ4v) is 3.92. The highest BCUT2D eigenvalue weighted by molar-refractivity contribution is 7.11. The third-order valence-corrected chi connectivity index (χ3v) is 4.91. The van der Waals surface area contributed by atoms with Crippen LogP contribution >= 0.6 is 11.3 Å². The summed E-state index contributed by atoms with van der Waals surface area (Å²) in [5.74, 6) is 0.634. The number of aromatic nitrogens is 1. The van der Waals surface area contributed by atoms with E-state index in [0.717, 1.165) is 24.0 Å². The largest absolute Gasteiger partial charge is 0.374 e. The number of thiazole rings is 1. The minimum absolute atomic E-state index is 0.0723. The van der Waals surface area contributed by atoms with Crippen LogP contribution in [-0.2, 0) is 17.7 Å². The molecule has 1 N–H and O–H groups in total. The van der Waals surface area contributed by atoms with Crippen molar-refractivity contribution in [1.29, 1.82) is 0 Å². The molecule has 3 nitrogen and oxygen atoms in total. The molecule has 4 heteroatoms. The third-order valence-electron chi connectivity index (χ3n) is 3.77. The lowest BCUT2D eigenvalue weighted by atomic mass is 9.89. The molecule has 1 unspecified atom stereocenters. The summed E-state index contributed by atoms with van der Waals surface area (Å²) >= 11 is 1.83. The highest BCUT2D eigenvalue weighted by Gasteiger charge is 2.30. The topological polar surface area (TPSA) is 34.1 Å². The molecular weight excluding hydrogens is 280 g/mol. The van der Waals surface area contributed by atoms with Gasteiger partial charge in [-0.15, -0.1) is 11.3 Å². The van der Waals surface area contributed by atoms with Crippen molar-refractivity contribution < 1.29 is 4.74 Å². The van der Waals surface area contributed by atoms with Gasteiger partial charge in [0.15, 0.2) is 0 Å². The van der Waals surface area contributed by atoms with Gasteiger partial charge in [-0.3, -0.25) is 0 Å². The van der Waals surface area contributed by atoms with E-state index in [9.17, 15) is 0 Å². The van der Waals surface area contributed by atoms with Crippen LogP contribution < -0.4 is 5.32 Å². The van der Waals surface area contributed by atoms with Crippen molar-refractivity contribution in [2.24, 2.45) is 11.3 Å². The predicted octanol–water partition coefficient (Wildman–Crippen LogP) is 4.33. The first kappa shape index (κ1) is 16.9. The van der Waals surface area contributed by atoms with Gasteiger partial charge in [0, 0.05) is 24.6 Å². The first-order valence-corrected chi connectivity index (χ1v) is 8.87. The summed E-state index contributed by atoms with van der Waals surface area (Å²) in [7, 11) is 1.79. The lowest BCUT2D eigenvalue weighted by Crippen LogP contribution is -2.20. The number of rotatable bonds is 7. The maximum atomic E-state index is 5.74. The van der Waals surface area contributed by atoms with E-state index in [1.807, 2.05) is 11.3 Å². The van der Waals surface area contributed by atoms with Crippen LogP contribution in [0.3, 0.4) is 0 Å². The van der Waals surface area contributed by atoms with Crippen molar-refractivity contribution in [1.82, 2.24) is 10.3 Å². The van der Waals surface area contributed by atoms with Gasteiger partial charge in [0.25, 0.3) is 0 Å². The smallest absolute Gasteiger partial charge is 0.123 e. The van der Waals surface area contributed by atoms with Crippen LogP contribution in [-0.4, -0.2) is 18.1 Å². The molecule has 2 rings (SSSR count). The maximum Gasteiger partial charge on any atom is 0.123 e. The number of methoxy groups -OCH3 is 1. The Morgan fingerprint density at radius 1 is 1.33 bits per heavy atom. The second-order valence-corrected chi connectivity index (χ2v) is 8.77. The fourth-order valence-electron chi connectivity index (χ4n) is 2.55. The van der Waals surface area contributed by atoms with Crippen LogP contribution in [0.1, 0.15) is 69.1 Å². The second-order valence-electron chi connectivity index (χ2n) is 7.66. The van der Waals surface area contributed by atoms with E-state index in [-0.39, 0.29) is 11.5 Å². The highest BCUT2D eigenvalue weighted by Crippen LogP contribution is 2.39. The minimum atomic E-state index is 0.0723. The lowest BCUT2D eigenvalue weighted by molar-refractivity contribution is 0.0149. The Morgan fingerprint density at radius 2 is 2.00 bits per heavy atom. The van der Waals surface area contributed by atoms with Crippen molar-refractivity contribution in [3.63, 3.8) is 0 Å². The van der Waals surface area contributed by atoms with Gasteiger partial charge in [0.05, 0.1) is 5.69 Å². The molecule has 1 aromatic rings. The molecule has 1 aromatic heterocycles. The Labute approximate surface area is 133 Å². The Bertz CT molecular complexity index is 458. The molecule has 0 saturated heterocycles. The first-order chi connectivity index (χ1) is 9.81. The molecule has 1 aliphatic carbocycles. The van der Waals surface area contributed by atoms with Gasteiger partial charge in [0.2, 0.25) is 0 Å². The normalized spacial score (nSPS) is 17.5. The van der Waals surface area contributed by atoms with Crippen molar-refractivity contribution in [2.45, 2.75) is 72.6 Å². The maximum absolute atomic E-state index is 5.74. The molecular formula is C17H30N2OS. The Hall–Kier alpha value is -0.450. The van der Waals surface area contributed by atoms with Crippen molar-refractivity contribution in [3.8, 4) is 0 Å². The summed E-state index contributed by atoms with van der Waals surface area (Å²) in [6.45, 7) is 12.1. The molecule has 0 spiro atoms. The molecule has 0 aromatic carbocycles. The number of hydrogen-bond acceptors (Lipinski definition) is 4. The van der Waals surface area contributed by atoms with E-state index in [4.69, 9.17) is 9.72 Å². The molecule has 21 heavy (non-hydrogen) atoms. The fraction of sp³-hybridized carbons (Fsp3) is 0.824. The SMILES string of the molecule is COC(c1nc(CC(C)C)c(CNC2CC2)s1)C(C)(C)C. The van der Waals surface area contributed by atoms with Crippen LogP contribution in [0.5, 0.6) is 0 Å². The average molecular weight is 311 g/mol. The summed E-state index contributed by atoms with van der Waals surface area (Å²) in [6.07, 6.45) is 3.78. The molecule has 0 radical (unpaired) electrons. The van der Waals surface area contributed by atoms with E-state index in [1.165, 1.54) is 23.4 Å². The van der Waals surface area contributed by atoms with Gasteiger partial charge >= 0.3 is 0 Å². The summed E-state index contributed by atoms with van der Waals surface area (Å²) in [6, 6.07) is 0.739. The zero-order valence-electron chi connectivity index (χ0n) is 14.3. The average Bonchev–Trinajstić information content (AvgIpc) is 3.09. The van der Waals surface area contributed by atoms with Crippen LogP contribution in [0, 0.1) is 11.3 Å². The molecule has 1 fully saturated rings. The zero-order valence-corrected chi connectivity index (χ0v) is 15.1. The Morgan fingerprint density at radius 3 is 2.48 bits per heavy atom. The van der Waals surface area contributed by atoms with Gasteiger partial charge in [-0.25, -0.2) is 4.98 Å². The number of nitrogens with one attached hydrogen (secondary N) is 1. The minimum Gasteiger partial charge on any atom is -0.374 e. The summed E-state index contributed by atoms with van der Waals surface area (Å²) in [5.41, 5.74) is 1.34. The molecule has 0 aliphatic heterocycles. The molecule has 1 saturated carbocycles. The summed E-state index contributed by atoms with van der Waals surface area (Å²) < 4.78 is 5.74. The van der Waals surface area contributed by atoms with E-state index in [2.05, 4.69) is 39.9 Å². The number of nitrogens with zero attached hydrogens (tertiary/aromatic N) is 1. The van der Waals surface area contributed by atoms with E-state index in [1.54, 1.807) is 7.11 Å². The van der Waals surface area contributed by atoms with Crippen molar-refractivity contribution >= 4 is 11.3 Å². The zero-order chi connectivity index (χ0) is 15.6. The first-order valence-electron chi connectivity index (χ1n) is 8.06. The molecule has 1 atom stereocenters. The number of ether oxygens (including phenoxy) is 1. The number of hydrogen-bond donors (Lipinski definition) is 1. The standard InChI is InChI=1S/C17H30N2OS/c1-11(2)9-13-14(10-18-12-7-8-12)21-16(19-13)15(20-6)17(3,4)5/h11-12,15,18H,7-10H2,1-6H3. The van der Waals surface area contributed by atoms with E-state index >= 15 is 0 Å². The van der Waals surface area contributed by atoms with Gasteiger partial charge in [-0.05, 0) is 30.6 Å². The quantitative estimate of drug-likeness (QED) is 0.814. The highest BCUT2D eigenvalue weighted by atomic mass is 32.1. The van der Waals surface area contributed by atoms with Gasteiger partial charge in [-0.2, -0.15) is 0 Å². The van der Waals surface area contributed by atoms with Gasteiger partial charge in [0.1, 0.15) is 11.1 Å². The second kappa shape index (κ2) is 6.76. The summed E-state index contributed by atoms with van der Waals surface area (Å²) in [5, 5.41) is 4.76. The molecule has 1 aliphatic rings. The van der Waals surface area contributed by atoms with Gasteiger partial charge in [-0.1, -0.05) is 34.6 Å². The van der Waals surface area contributed by atoms with Crippen molar-refractivity contribution in [2.75, 3.05) is 7.11 Å². The van der Waals surface area contributed by atoms with Crippen LogP contribution in [0.15, 0.2) is 0 Å². The Kier molecular flexibility index (Phi) is 5.44. The van der Waals surface area contributed by atoms with Crippen LogP contribution in [0.4, 0.5) is 0 Å². The Balaban J connectivity index is 2.20. The molecule has 120 valence electrons. The molecule has 0 bridgehead atoms. The van der Waals surface area contributed by atoms with Crippen molar-refractivity contribution in [3.05, 3.63) is 15.6 Å². The van der Waals surface area contributed by atoms with E-state index < -0.39 is 0 Å². The van der Waals surface area contributed by atoms with Gasteiger partial charge < -0.3 is 10.1 Å². The third kappa shape index (κ3) is 4.76. The molecule has 0 amide bonds. The monoisotopic (exact) mass is 310 g/mol. The molecule has 1 heterocycles. The summed E-state index contributed by atoms with van der Waals surface area (Å²) in [4.78, 5) is 6.34. The van der Waals surface area contributed by atoms with Crippen LogP contribution in [0.2, 0.25) is 0 Å². The predicted molar refractivity (Wildman–Crippen MR) is 89.7 cm³/mol. The lowest BCUT2D eigenvalue weighted by Gasteiger charge is -2.27. The van der Waals surface area contributed by atoms with Crippen LogP contribution in [0.25, 0.3) is 0 Å².